The van der Waals surface area contributed by atoms with E-state index in [-0.39, 0.29) is 12.4 Å². The number of carbonyl (C=O) groups excluding carboxylic acids is 1. The number of nitrogen functional groups attached to an aromatic ring is 1. The van der Waals surface area contributed by atoms with Gasteiger partial charge >= 0.3 is 0 Å². The lowest BCUT2D eigenvalue weighted by atomic mass is 10.1. The predicted molar refractivity (Wildman–Crippen MR) is 76.5 cm³/mol. The Labute approximate surface area is 128 Å². The third-order valence-electron chi connectivity index (χ3n) is 2.75. The van der Waals surface area contributed by atoms with Crippen LogP contribution in [0.1, 0.15) is 15.9 Å². The summed E-state index contributed by atoms with van der Waals surface area (Å²) in [6, 6.07) is 8.45. The largest absolute Gasteiger partial charge is 0.486 e. The summed E-state index contributed by atoms with van der Waals surface area (Å²) < 4.78 is 32.3. The molecule has 0 unspecified atom stereocenters. The zero-order chi connectivity index (χ0) is 15.4. The summed E-state index contributed by atoms with van der Waals surface area (Å²) in [5.41, 5.74) is 3.06. The molecule has 0 atom stereocenters. The minimum absolute atomic E-state index is 0.0193. The molecule has 0 saturated carbocycles. The highest BCUT2D eigenvalue weighted by Crippen LogP contribution is 2.23. The summed E-state index contributed by atoms with van der Waals surface area (Å²) in [4.78, 5) is 11.4. The third-order valence-corrected chi connectivity index (χ3v) is 3.48. The SMILES string of the molecule is NNC(=O)c1ccc(COc2cccc(F)c2F)c(Br)c1. The molecule has 0 heterocycles. The Morgan fingerprint density at radius 3 is 2.71 bits per heavy atom. The van der Waals surface area contributed by atoms with Gasteiger partial charge in [0.2, 0.25) is 5.82 Å². The van der Waals surface area contributed by atoms with Gasteiger partial charge in [-0.1, -0.05) is 28.1 Å². The maximum atomic E-state index is 13.4. The number of amides is 1. The molecule has 0 aliphatic rings. The molecule has 7 heteroatoms. The molecule has 4 nitrogen and oxygen atoms in total. The van der Waals surface area contributed by atoms with E-state index >= 15 is 0 Å². The van der Waals surface area contributed by atoms with Gasteiger partial charge in [-0.3, -0.25) is 10.2 Å². The van der Waals surface area contributed by atoms with Crippen molar-refractivity contribution in [1.29, 1.82) is 0 Å². The van der Waals surface area contributed by atoms with Crippen molar-refractivity contribution in [2.45, 2.75) is 6.61 Å². The summed E-state index contributed by atoms with van der Waals surface area (Å²) >= 11 is 3.28. The van der Waals surface area contributed by atoms with Gasteiger partial charge in [-0.05, 0) is 24.3 Å². The molecule has 2 rings (SSSR count). The molecular weight excluding hydrogens is 346 g/mol. The van der Waals surface area contributed by atoms with Crippen molar-refractivity contribution in [1.82, 2.24) is 5.43 Å². The van der Waals surface area contributed by atoms with Gasteiger partial charge in [-0.15, -0.1) is 0 Å². The number of halogens is 3. The minimum Gasteiger partial charge on any atom is -0.486 e. The summed E-state index contributed by atoms with van der Waals surface area (Å²) in [5.74, 6) is 2.43. The van der Waals surface area contributed by atoms with Gasteiger partial charge in [0.25, 0.3) is 5.91 Å². The van der Waals surface area contributed by atoms with E-state index in [0.717, 1.165) is 6.07 Å². The number of rotatable bonds is 4. The molecule has 0 spiro atoms. The van der Waals surface area contributed by atoms with Crippen molar-refractivity contribution in [2.24, 2.45) is 5.84 Å². The Morgan fingerprint density at radius 1 is 1.29 bits per heavy atom. The molecule has 3 N–H and O–H groups in total. The molecule has 0 radical (unpaired) electrons. The molecular formula is C14H11BrF2N2O2. The van der Waals surface area contributed by atoms with Crippen LogP contribution in [0.25, 0.3) is 0 Å². The quantitative estimate of drug-likeness (QED) is 0.503. The van der Waals surface area contributed by atoms with Crippen LogP contribution in [0, 0.1) is 11.6 Å². The van der Waals surface area contributed by atoms with Crippen LogP contribution in [0.3, 0.4) is 0 Å². The maximum absolute atomic E-state index is 13.4. The molecule has 1 amide bonds. The number of hydrogen-bond acceptors (Lipinski definition) is 3. The van der Waals surface area contributed by atoms with Crippen molar-refractivity contribution < 1.29 is 18.3 Å². The average molecular weight is 357 g/mol. The van der Waals surface area contributed by atoms with E-state index in [0.29, 0.717) is 15.6 Å². The summed E-state index contributed by atoms with van der Waals surface area (Å²) in [6.45, 7) is 0.0193. The lowest BCUT2D eigenvalue weighted by Crippen LogP contribution is -2.29. The monoisotopic (exact) mass is 356 g/mol. The van der Waals surface area contributed by atoms with Crippen LogP contribution in [0.2, 0.25) is 0 Å². The van der Waals surface area contributed by atoms with E-state index in [1.54, 1.807) is 18.2 Å². The van der Waals surface area contributed by atoms with Crippen molar-refractivity contribution in [3.05, 3.63) is 63.6 Å². The van der Waals surface area contributed by atoms with Crippen LogP contribution in [-0.2, 0) is 6.61 Å². The standard InChI is InChI=1S/C14H11BrF2N2O2/c15-10-6-8(14(20)19-18)4-5-9(10)7-21-12-3-1-2-11(16)13(12)17/h1-6H,7,18H2,(H,19,20). The number of hydrazine groups is 1. The lowest BCUT2D eigenvalue weighted by molar-refractivity contribution is 0.0953. The molecule has 0 aromatic heterocycles. The molecule has 0 saturated heterocycles. The van der Waals surface area contributed by atoms with Gasteiger partial charge in [-0.2, -0.15) is 4.39 Å². The van der Waals surface area contributed by atoms with Crippen molar-refractivity contribution in [3.63, 3.8) is 0 Å². The number of nitrogens with one attached hydrogen (secondary N) is 1. The average Bonchev–Trinajstić information content (AvgIpc) is 2.49. The van der Waals surface area contributed by atoms with Gasteiger partial charge in [0.15, 0.2) is 11.6 Å². The Kier molecular flexibility index (Phi) is 4.87. The van der Waals surface area contributed by atoms with Gasteiger partial charge in [0.1, 0.15) is 6.61 Å². The third kappa shape index (κ3) is 3.56. The summed E-state index contributed by atoms with van der Waals surface area (Å²) in [6.07, 6.45) is 0. The first kappa shape index (κ1) is 15.4. The first-order valence-corrected chi connectivity index (χ1v) is 6.68. The van der Waals surface area contributed by atoms with E-state index < -0.39 is 17.5 Å². The Morgan fingerprint density at radius 2 is 2.05 bits per heavy atom. The first-order chi connectivity index (χ1) is 10.0. The van der Waals surface area contributed by atoms with E-state index in [9.17, 15) is 13.6 Å². The van der Waals surface area contributed by atoms with Crippen LogP contribution < -0.4 is 16.0 Å². The fourth-order valence-electron chi connectivity index (χ4n) is 1.64. The number of hydrogen-bond donors (Lipinski definition) is 2. The highest BCUT2D eigenvalue weighted by Gasteiger charge is 2.11. The molecule has 0 bridgehead atoms. The highest BCUT2D eigenvalue weighted by molar-refractivity contribution is 9.10. The molecule has 0 fully saturated rings. The van der Waals surface area contributed by atoms with Crippen LogP contribution in [-0.4, -0.2) is 5.91 Å². The molecule has 2 aromatic carbocycles. The second-order valence-corrected chi connectivity index (χ2v) is 4.97. The van der Waals surface area contributed by atoms with E-state index in [2.05, 4.69) is 15.9 Å². The molecule has 2 aromatic rings. The zero-order valence-electron chi connectivity index (χ0n) is 10.7. The smallest absolute Gasteiger partial charge is 0.265 e. The fourth-order valence-corrected chi connectivity index (χ4v) is 2.13. The van der Waals surface area contributed by atoms with Crippen molar-refractivity contribution in [2.75, 3.05) is 0 Å². The minimum atomic E-state index is -1.03. The Balaban J connectivity index is 2.13. The van der Waals surface area contributed by atoms with Gasteiger partial charge < -0.3 is 4.74 Å². The molecule has 21 heavy (non-hydrogen) atoms. The molecule has 0 aliphatic heterocycles. The Hall–Kier alpha value is -1.99. The van der Waals surface area contributed by atoms with Gasteiger partial charge in [0.05, 0.1) is 0 Å². The van der Waals surface area contributed by atoms with E-state index in [1.165, 1.54) is 12.1 Å². The zero-order valence-corrected chi connectivity index (χ0v) is 12.3. The van der Waals surface area contributed by atoms with E-state index in [4.69, 9.17) is 10.6 Å². The van der Waals surface area contributed by atoms with Crippen LogP contribution >= 0.6 is 15.9 Å². The number of carbonyl (C=O) groups is 1. The first-order valence-electron chi connectivity index (χ1n) is 5.89. The summed E-state index contributed by atoms with van der Waals surface area (Å²) in [5, 5.41) is 0. The second kappa shape index (κ2) is 6.64. The van der Waals surface area contributed by atoms with Crippen LogP contribution in [0.4, 0.5) is 8.78 Å². The fraction of sp³-hybridized carbons (Fsp3) is 0.0714. The van der Waals surface area contributed by atoms with Gasteiger partial charge in [0, 0.05) is 15.6 Å². The highest BCUT2D eigenvalue weighted by atomic mass is 79.9. The predicted octanol–water partition coefficient (Wildman–Crippen LogP) is 2.91. The van der Waals surface area contributed by atoms with Gasteiger partial charge in [-0.25, -0.2) is 10.2 Å². The topological polar surface area (TPSA) is 64.3 Å². The lowest BCUT2D eigenvalue weighted by Gasteiger charge is -2.10. The van der Waals surface area contributed by atoms with Crippen molar-refractivity contribution in [3.8, 4) is 5.75 Å². The number of ether oxygens (including phenoxy) is 1. The molecule has 0 aliphatic carbocycles. The van der Waals surface area contributed by atoms with E-state index in [1.807, 2.05) is 5.43 Å². The van der Waals surface area contributed by atoms with Crippen molar-refractivity contribution >= 4 is 21.8 Å². The summed E-state index contributed by atoms with van der Waals surface area (Å²) in [7, 11) is 0. The normalized spacial score (nSPS) is 10.3. The Bertz CT molecular complexity index is 680. The number of nitrogens with two attached hydrogens (primary N) is 1. The molecule has 110 valence electrons. The van der Waals surface area contributed by atoms with Crippen LogP contribution in [0.5, 0.6) is 5.75 Å². The second-order valence-electron chi connectivity index (χ2n) is 4.12. The van der Waals surface area contributed by atoms with Crippen LogP contribution in [0.15, 0.2) is 40.9 Å². The maximum Gasteiger partial charge on any atom is 0.265 e. The number of benzene rings is 2.